The van der Waals surface area contributed by atoms with E-state index >= 15 is 0 Å². The molecule has 3 aromatic rings. The summed E-state index contributed by atoms with van der Waals surface area (Å²) in [6, 6.07) is 5.67. The lowest BCUT2D eigenvalue weighted by molar-refractivity contribution is 0.188. The normalized spacial score (nSPS) is 20.5. The van der Waals surface area contributed by atoms with Crippen LogP contribution in [0.4, 0.5) is 20.7 Å². The second-order valence-corrected chi connectivity index (χ2v) is 8.07. The molecule has 9 nitrogen and oxygen atoms in total. The van der Waals surface area contributed by atoms with E-state index < -0.39 is 0 Å². The van der Waals surface area contributed by atoms with E-state index in [1.54, 1.807) is 31.9 Å². The highest BCUT2D eigenvalue weighted by Gasteiger charge is 2.42. The van der Waals surface area contributed by atoms with Gasteiger partial charge in [0, 0.05) is 57.4 Å². The average Bonchev–Trinajstić information content (AvgIpc) is 3.46. The molecule has 0 aliphatic carbocycles. The van der Waals surface area contributed by atoms with Gasteiger partial charge in [-0.3, -0.25) is 0 Å². The number of methoxy groups -OCH3 is 1. The molecule has 2 amide bonds. The van der Waals surface area contributed by atoms with Gasteiger partial charge in [-0.05, 0) is 24.3 Å². The van der Waals surface area contributed by atoms with Crippen LogP contribution in [0.5, 0.6) is 0 Å². The molecule has 162 valence electrons. The molecule has 4 heterocycles. The molecule has 2 unspecified atom stereocenters. The molecule has 2 aromatic heterocycles. The number of fused-ring (bicyclic) bond motifs is 2. The van der Waals surface area contributed by atoms with Crippen LogP contribution < -0.4 is 10.2 Å². The first-order valence-corrected chi connectivity index (χ1v) is 10.3. The Morgan fingerprint density at radius 1 is 1.13 bits per heavy atom. The smallest absolute Gasteiger partial charge is 0.321 e. The van der Waals surface area contributed by atoms with Gasteiger partial charge in [-0.15, -0.1) is 0 Å². The fourth-order valence-electron chi connectivity index (χ4n) is 4.52. The Hall–Kier alpha value is -3.27. The molecule has 2 saturated heterocycles. The SMILES string of the molecule is COCCn1cnc2c(N3CC4CN(C(=O)Nc5ccc(F)cc5)CC4C3)ncnc21. The predicted octanol–water partition coefficient (Wildman–Crippen LogP) is 2.21. The van der Waals surface area contributed by atoms with E-state index in [-0.39, 0.29) is 11.8 Å². The number of nitrogens with zero attached hydrogens (tertiary/aromatic N) is 6. The summed E-state index contributed by atoms with van der Waals surface area (Å²) in [4.78, 5) is 30.2. The Bertz CT molecular complexity index is 1070. The number of halogens is 1. The van der Waals surface area contributed by atoms with Gasteiger partial charge in [0.25, 0.3) is 0 Å². The molecule has 5 rings (SSSR count). The molecule has 2 aliphatic heterocycles. The lowest BCUT2D eigenvalue weighted by Gasteiger charge is -2.22. The Labute approximate surface area is 178 Å². The van der Waals surface area contributed by atoms with Crippen LogP contribution in [0.2, 0.25) is 0 Å². The maximum Gasteiger partial charge on any atom is 0.321 e. The van der Waals surface area contributed by atoms with Gasteiger partial charge in [-0.2, -0.15) is 0 Å². The summed E-state index contributed by atoms with van der Waals surface area (Å²) in [5.74, 6) is 1.27. The van der Waals surface area contributed by atoms with Gasteiger partial charge in [0.1, 0.15) is 12.1 Å². The minimum absolute atomic E-state index is 0.145. The minimum Gasteiger partial charge on any atom is -0.383 e. The number of urea groups is 1. The topological polar surface area (TPSA) is 88.4 Å². The molecule has 0 radical (unpaired) electrons. The van der Waals surface area contributed by atoms with Crippen molar-refractivity contribution in [3.05, 3.63) is 42.7 Å². The van der Waals surface area contributed by atoms with Crippen molar-refractivity contribution in [3.63, 3.8) is 0 Å². The molecule has 2 atom stereocenters. The van der Waals surface area contributed by atoms with E-state index in [0.29, 0.717) is 43.8 Å². The van der Waals surface area contributed by atoms with Crippen LogP contribution in [0.1, 0.15) is 0 Å². The van der Waals surface area contributed by atoms with Crippen LogP contribution >= 0.6 is 0 Å². The average molecular weight is 425 g/mol. The highest BCUT2D eigenvalue weighted by molar-refractivity contribution is 5.89. The number of ether oxygens (including phenoxy) is 1. The Morgan fingerprint density at radius 3 is 2.58 bits per heavy atom. The molecule has 0 spiro atoms. The predicted molar refractivity (Wildman–Crippen MR) is 113 cm³/mol. The van der Waals surface area contributed by atoms with Gasteiger partial charge in [0.15, 0.2) is 17.0 Å². The molecular formula is C21H24FN7O2. The first kappa shape index (κ1) is 19.7. The quantitative estimate of drug-likeness (QED) is 0.674. The molecule has 1 N–H and O–H groups in total. The highest BCUT2D eigenvalue weighted by Crippen LogP contribution is 2.35. The standard InChI is InChI=1S/C21H24FN7O2/c1-31-7-6-27-13-25-18-19(27)23-12-24-20(18)28-8-14-10-29(11-15(14)9-28)21(30)26-17-4-2-16(22)3-5-17/h2-5,12-15H,6-11H2,1H3,(H,26,30). The van der Waals surface area contributed by atoms with E-state index in [1.807, 2.05) is 9.47 Å². The van der Waals surface area contributed by atoms with E-state index in [2.05, 4.69) is 25.2 Å². The Balaban J connectivity index is 1.24. The first-order valence-electron chi connectivity index (χ1n) is 10.3. The summed E-state index contributed by atoms with van der Waals surface area (Å²) in [6.07, 6.45) is 3.36. The summed E-state index contributed by atoms with van der Waals surface area (Å²) in [7, 11) is 1.67. The number of likely N-dealkylation sites (tertiary alicyclic amines) is 1. The van der Waals surface area contributed by atoms with Crippen molar-refractivity contribution in [2.75, 3.05) is 50.1 Å². The number of amides is 2. The molecular weight excluding hydrogens is 401 g/mol. The fourth-order valence-corrected chi connectivity index (χ4v) is 4.52. The van der Waals surface area contributed by atoms with E-state index in [0.717, 1.165) is 30.1 Å². The van der Waals surface area contributed by atoms with Crippen molar-refractivity contribution in [1.29, 1.82) is 0 Å². The monoisotopic (exact) mass is 425 g/mol. The van der Waals surface area contributed by atoms with Crippen molar-refractivity contribution in [2.24, 2.45) is 11.8 Å². The third-order valence-corrected chi connectivity index (χ3v) is 6.09. The number of imidazole rings is 1. The third-order valence-electron chi connectivity index (χ3n) is 6.09. The Morgan fingerprint density at radius 2 is 1.87 bits per heavy atom. The summed E-state index contributed by atoms with van der Waals surface area (Å²) < 4.78 is 20.2. The van der Waals surface area contributed by atoms with Crippen molar-refractivity contribution < 1.29 is 13.9 Å². The van der Waals surface area contributed by atoms with Gasteiger partial charge in [-0.25, -0.2) is 24.1 Å². The zero-order valence-corrected chi connectivity index (χ0v) is 17.2. The number of carbonyl (C=O) groups is 1. The number of hydrogen-bond acceptors (Lipinski definition) is 6. The van der Waals surface area contributed by atoms with Crippen molar-refractivity contribution >= 4 is 28.7 Å². The van der Waals surface area contributed by atoms with Crippen LogP contribution in [-0.2, 0) is 11.3 Å². The number of rotatable bonds is 5. The van der Waals surface area contributed by atoms with E-state index in [1.165, 1.54) is 12.1 Å². The largest absolute Gasteiger partial charge is 0.383 e. The third kappa shape index (κ3) is 3.78. The van der Waals surface area contributed by atoms with E-state index in [9.17, 15) is 9.18 Å². The molecule has 0 bridgehead atoms. The van der Waals surface area contributed by atoms with Gasteiger partial charge in [-0.1, -0.05) is 0 Å². The van der Waals surface area contributed by atoms with Crippen LogP contribution in [0, 0.1) is 17.7 Å². The van der Waals surface area contributed by atoms with Gasteiger partial charge in [0.2, 0.25) is 0 Å². The van der Waals surface area contributed by atoms with Crippen LogP contribution in [0.25, 0.3) is 11.2 Å². The molecule has 0 saturated carbocycles. The molecule has 10 heteroatoms. The van der Waals surface area contributed by atoms with Crippen LogP contribution in [0.15, 0.2) is 36.9 Å². The highest BCUT2D eigenvalue weighted by atomic mass is 19.1. The maximum absolute atomic E-state index is 13.1. The second kappa shape index (κ2) is 8.10. The second-order valence-electron chi connectivity index (χ2n) is 8.07. The summed E-state index contributed by atoms with van der Waals surface area (Å²) in [6.45, 7) is 4.29. The molecule has 31 heavy (non-hydrogen) atoms. The van der Waals surface area contributed by atoms with E-state index in [4.69, 9.17) is 4.74 Å². The number of nitrogens with one attached hydrogen (secondary N) is 1. The summed E-state index contributed by atoms with van der Waals surface area (Å²) >= 11 is 0. The number of anilines is 2. The van der Waals surface area contributed by atoms with Crippen LogP contribution in [0.3, 0.4) is 0 Å². The summed E-state index contributed by atoms with van der Waals surface area (Å²) in [5.41, 5.74) is 2.20. The van der Waals surface area contributed by atoms with Crippen molar-refractivity contribution in [1.82, 2.24) is 24.4 Å². The number of carbonyl (C=O) groups excluding carboxylic acids is 1. The molecule has 2 fully saturated rings. The summed E-state index contributed by atoms with van der Waals surface area (Å²) in [5, 5.41) is 2.85. The van der Waals surface area contributed by atoms with Crippen LogP contribution in [-0.4, -0.2) is 70.3 Å². The zero-order chi connectivity index (χ0) is 21.4. The van der Waals surface area contributed by atoms with Gasteiger partial charge >= 0.3 is 6.03 Å². The van der Waals surface area contributed by atoms with Crippen molar-refractivity contribution in [2.45, 2.75) is 6.54 Å². The minimum atomic E-state index is -0.323. The van der Waals surface area contributed by atoms with Gasteiger partial charge < -0.3 is 24.4 Å². The van der Waals surface area contributed by atoms with Gasteiger partial charge in [0.05, 0.1) is 12.9 Å². The molecule has 1 aromatic carbocycles. The van der Waals surface area contributed by atoms with Crippen molar-refractivity contribution in [3.8, 4) is 0 Å². The zero-order valence-electron chi connectivity index (χ0n) is 17.2. The number of benzene rings is 1. The lowest BCUT2D eigenvalue weighted by Crippen LogP contribution is -2.36. The lowest BCUT2D eigenvalue weighted by atomic mass is 10.0. The fraction of sp³-hybridized carbons (Fsp3) is 0.429. The maximum atomic E-state index is 13.1. The first-order chi connectivity index (χ1) is 15.1. The number of aromatic nitrogens is 4. The Kier molecular flexibility index (Phi) is 5.14. The molecule has 2 aliphatic rings. The number of hydrogen-bond donors (Lipinski definition) is 1.